The van der Waals surface area contributed by atoms with Gasteiger partial charge in [0.15, 0.2) is 0 Å². The number of carbonyl (C=O) groups is 1. The average Bonchev–Trinajstić information content (AvgIpc) is 2.43. The van der Waals surface area contributed by atoms with Gasteiger partial charge in [-0.15, -0.1) is 0 Å². The van der Waals surface area contributed by atoms with Gasteiger partial charge in [-0.3, -0.25) is 0 Å². The van der Waals surface area contributed by atoms with E-state index in [1.54, 1.807) is 36.0 Å². The highest BCUT2D eigenvalue weighted by molar-refractivity contribution is 6.33. The minimum Gasteiger partial charge on any atom is -0.379 e. The fourth-order valence-corrected chi connectivity index (χ4v) is 2.56. The van der Waals surface area contributed by atoms with E-state index < -0.39 is 0 Å². The number of urea groups is 1. The van der Waals surface area contributed by atoms with Crippen molar-refractivity contribution < 1.29 is 9.18 Å². The van der Waals surface area contributed by atoms with Crippen molar-refractivity contribution in [1.82, 2.24) is 9.80 Å². The number of amides is 2. The molecule has 0 spiro atoms. The number of benzene rings is 1. The van der Waals surface area contributed by atoms with E-state index in [4.69, 9.17) is 11.6 Å². The molecule has 2 amide bonds. The molecule has 1 aliphatic rings. The summed E-state index contributed by atoms with van der Waals surface area (Å²) in [6.45, 7) is 1.33. The molecule has 20 heavy (non-hydrogen) atoms. The monoisotopic (exact) mass is 299 g/mol. The number of anilines is 1. The van der Waals surface area contributed by atoms with Crippen molar-refractivity contribution >= 4 is 23.3 Å². The van der Waals surface area contributed by atoms with Crippen LogP contribution >= 0.6 is 11.6 Å². The van der Waals surface area contributed by atoms with Crippen molar-refractivity contribution in [3.05, 3.63) is 29.0 Å². The first-order chi connectivity index (χ1) is 9.49. The Morgan fingerprint density at radius 1 is 1.40 bits per heavy atom. The highest BCUT2D eigenvalue weighted by atomic mass is 35.5. The summed E-state index contributed by atoms with van der Waals surface area (Å²) in [6, 6.07) is 4.79. The second-order valence-corrected chi connectivity index (χ2v) is 5.59. The molecule has 2 rings (SSSR count). The molecule has 0 bridgehead atoms. The van der Waals surface area contributed by atoms with Gasteiger partial charge in [-0.1, -0.05) is 17.7 Å². The summed E-state index contributed by atoms with van der Waals surface area (Å²) in [5.74, 6) is -0.343. The molecule has 1 fully saturated rings. The molecule has 0 unspecified atom stereocenters. The van der Waals surface area contributed by atoms with Gasteiger partial charge in [0.1, 0.15) is 5.82 Å². The quantitative estimate of drug-likeness (QED) is 0.911. The minimum atomic E-state index is -0.343. The molecule has 1 heterocycles. The zero-order valence-corrected chi connectivity index (χ0v) is 12.5. The van der Waals surface area contributed by atoms with Gasteiger partial charge in [-0.2, -0.15) is 0 Å². The molecule has 1 N–H and O–H groups in total. The van der Waals surface area contributed by atoms with Crippen LogP contribution < -0.4 is 5.32 Å². The van der Waals surface area contributed by atoms with Crippen molar-refractivity contribution in [2.75, 3.05) is 32.5 Å². The van der Waals surface area contributed by atoms with E-state index >= 15 is 0 Å². The van der Waals surface area contributed by atoms with Crippen LogP contribution in [-0.2, 0) is 0 Å². The predicted octanol–water partition coefficient (Wildman–Crippen LogP) is 3.04. The number of rotatable bonds is 2. The maximum atomic E-state index is 13.7. The molecule has 0 radical (unpaired) electrons. The van der Waals surface area contributed by atoms with E-state index in [0.717, 1.165) is 12.8 Å². The van der Waals surface area contributed by atoms with Gasteiger partial charge in [0.25, 0.3) is 0 Å². The molecule has 0 atom stereocenters. The van der Waals surface area contributed by atoms with Gasteiger partial charge >= 0.3 is 6.03 Å². The van der Waals surface area contributed by atoms with Crippen LogP contribution in [-0.4, -0.2) is 49.1 Å². The minimum absolute atomic E-state index is 0.0207. The lowest BCUT2D eigenvalue weighted by atomic mass is 10.0. The van der Waals surface area contributed by atoms with Crippen LogP contribution in [0.15, 0.2) is 18.2 Å². The fraction of sp³-hybridized carbons (Fsp3) is 0.500. The molecular formula is C14H19ClFN3O. The standard InChI is InChI=1S/C14H19ClFN3O/c1-18(2)14(20)19-8-6-10(7-9-19)17-13-11(15)4-3-5-12(13)16/h3-5,10,17H,6-9H2,1-2H3. The molecule has 6 heteroatoms. The van der Waals surface area contributed by atoms with Crippen molar-refractivity contribution in [2.45, 2.75) is 18.9 Å². The zero-order valence-electron chi connectivity index (χ0n) is 11.7. The summed E-state index contributed by atoms with van der Waals surface area (Å²) in [5.41, 5.74) is 0.353. The smallest absolute Gasteiger partial charge is 0.319 e. The maximum absolute atomic E-state index is 13.7. The first-order valence-electron chi connectivity index (χ1n) is 6.66. The van der Waals surface area contributed by atoms with Gasteiger partial charge in [0, 0.05) is 33.2 Å². The lowest BCUT2D eigenvalue weighted by Crippen LogP contribution is -2.46. The van der Waals surface area contributed by atoms with Crippen molar-refractivity contribution in [3.8, 4) is 0 Å². The molecule has 0 aliphatic carbocycles. The molecule has 1 aliphatic heterocycles. The Labute approximate surface area is 123 Å². The third-order valence-electron chi connectivity index (χ3n) is 3.46. The van der Waals surface area contributed by atoms with Crippen LogP contribution in [0, 0.1) is 5.82 Å². The van der Waals surface area contributed by atoms with Gasteiger partial charge in [-0.05, 0) is 25.0 Å². The molecule has 1 aromatic carbocycles. The molecule has 0 aromatic heterocycles. The molecule has 110 valence electrons. The zero-order chi connectivity index (χ0) is 14.7. The Hall–Kier alpha value is -1.49. The van der Waals surface area contributed by atoms with Gasteiger partial charge in [-0.25, -0.2) is 9.18 Å². The summed E-state index contributed by atoms with van der Waals surface area (Å²) in [4.78, 5) is 15.2. The third-order valence-corrected chi connectivity index (χ3v) is 3.77. The number of hydrogen-bond donors (Lipinski definition) is 1. The summed E-state index contributed by atoms with van der Waals surface area (Å²) in [6.07, 6.45) is 1.56. The SMILES string of the molecule is CN(C)C(=O)N1CCC(Nc2c(F)cccc2Cl)CC1. The van der Waals surface area contributed by atoms with Crippen molar-refractivity contribution in [2.24, 2.45) is 0 Å². The lowest BCUT2D eigenvalue weighted by Gasteiger charge is -2.34. The summed E-state index contributed by atoms with van der Waals surface area (Å²) in [7, 11) is 3.48. The predicted molar refractivity (Wildman–Crippen MR) is 78.7 cm³/mol. The lowest BCUT2D eigenvalue weighted by molar-refractivity contribution is 0.158. The Morgan fingerprint density at radius 3 is 2.60 bits per heavy atom. The Kier molecular flexibility index (Phi) is 4.70. The molecule has 0 saturated carbocycles. The van der Waals surface area contributed by atoms with E-state index in [0.29, 0.717) is 23.8 Å². The summed E-state index contributed by atoms with van der Waals surface area (Å²) >= 11 is 6.00. The van der Waals surface area contributed by atoms with Crippen molar-refractivity contribution in [1.29, 1.82) is 0 Å². The van der Waals surface area contributed by atoms with Crippen LogP contribution in [0.25, 0.3) is 0 Å². The number of nitrogens with one attached hydrogen (secondary N) is 1. The average molecular weight is 300 g/mol. The molecular weight excluding hydrogens is 281 g/mol. The fourth-order valence-electron chi connectivity index (χ4n) is 2.34. The van der Waals surface area contributed by atoms with E-state index in [2.05, 4.69) is 5.32 Å². The largest absolute Gasteiger partial charge is 0.379 e. The highest BCUT2D eigenvalue weighted by Crippen LogP contribution is 2.27. The summed E-state index contributed by atoms with van der Waals surface area (Å²) < 4.78 is 13.7. The van der Waals surface area contributed by atoms with Crippen LogP contribution in [0.4, 0.5) is 14.9 Å². The first-order valence-corrected chi connectivity index (χ1v) is 7.03. The second-order valence-electron chi connectivity index (χ2n) is 5.18. The summed E-state index contributed by atoms with van der Waals surface area (Å²) in [5, 5.41) is 3.53. The second kappa shape index (κ2) is 6.31. The number of carbonyl (C=O) groups excluding carboxylic acids is 1. The molecule has 1 saturated heterocycles. The van der Waals surface area contributed by atoms with Gasteiger partial charge < -0.3 is 15.1 Å². The molecule has 1 aromatic rings. The maximum Gasteiger partial charge on any atom is 0.319 e. The third kappa shape index (κ3) is 3.33. The number of nitrogens with zero attached hydrogens (tertiary/aromatic N) is 2. The topological polar surface area (TPSA) is 35.6 Å². The number of likely N-dealkylation sites (tertiary alicyclic amines) is 1. The molecule has 4 nitrogen and oxygen atoms in total. The number of para-hydroxylation sites is 1. The van der Waals surface area contributed by atoms with E-state index in [1.165, 1.54) is 6.07 Å². The van der Waals surface area contributed by atoms with E-state index in [-0.39, 0.29) is 17.9 Å². The van der Waals surface area contributed by atoms with E-state index in [9.17, 15) is 9.18 Å². The van der Waals surface area contributed by atoms with Crippen LogP contribution in [0.1, 0.15) is 12.8 Å². The van der Waals surface area contributed by atoms with Crippen molar-refractivity contribution in [3.63, 3.8) is 0 Å². The van der Waals surface area contributed by atoms with Gasteiger partial charge in [0.2, 0.25) is 0 Å². The van der Waals surface area contributed by atoms with E-state index in [1.807, 2.05) is 0 Å². The number of piperidine rings is 1. The Morgan fingerprint density at radius 2 is 2.05 bits per heavy atom. The van der Waals surface area contributed by atoms with Crippen LogP contribution in [0.3, 0.4) is 0 Å². The first kappa shape index (κ1) is 14.9. The highest BCUT2D eigenvalue weighted by Gasteiger charge is 2.24. The number of halogens is 2. The Bertz CT molecular complexity index is 467. The van der Waals surface area contributed by atoms with Crippen LogP contribution in [0.2, 0.25) is 5.02 Å². The normalized spacial score (nSPS) is 16.1. The van der Waals surface area contributed by atoms with Gasteiger partial charge in [0.05, 0.1) is 10.7 Å². The number of hydrogen-bond acceptors (Lipinski definition) is 2. The Balaban J connectivity index is 1.93. The van der Waals surface area contributed by atoms with Crippen LogP contribution in [0.5, 0.6) is 0 Å².